The first-order chi connectivity index (χ1) is 15.2. The van der Waals surface area contributed by atoms with Gasteiger partial charge < -0.3 is 15.0 Å². The van der Waals surface area contributed by atoms with E-state index in [1.165, 1.54) is 18.9 Å². The second-order valence-electron chi connectivity index (χ2n) is 8.07. The molecular formula is C23H24ClN5O2. The summed E-state index contributed by atoms with van der Waals surface area (Å²) in [7, 11) is 0. The number of halogens is 1. The van der Waals surface area contributed by atoms with E-state index >= 15 is 0 Å². The summed E-state index contributed by atoms with van der Waals surface area (Å²) in [5, 5.41) is 4.19. The minimum absolute atomic E-state index is 0.174. The molecule has 5 rings (SSSR count). The Balaban J connectivity index is 1.26. The first-order valence-electron chi connectivity index (χ1n) is 10.6. The summed E-state index contributed by atoms with van der Waals surface area (Å²) in [6.45, 7) is 3.41. The van der Waals surface area contributed by atoms with Gasteiger partial charge in [-0.15, -0.1) is 0 Å². The number of pyridine rings is 3. The topological polar surface area (TPSA) is 72.3 Å². The molecule has 5 heterocycles. The predicted octanol–water partition coefficient (Wildman–Crippen LogP) is 3.05. The van der Waals surface area contributed by atoms with Gasteiger partial charge in [-0.2, -0.15) is 0 Å². The molecule has 0 bridgehead atoms. The minimum Gasteiger partial charge on any atom is -0.487 e. The van der Waals surface area contributed by atoms with Gasteiger partial charge in [0.1, 0.15) is 18.2 Å². The Bertz CT molecular complexity index is 1090. The van der Waals surface area contributed by atoms with E-state index in [-0.39, 0.29) is 12.2 Å². The van der Waals surface area contributed by atoms with Crippen LogP contribution in [0.4, 0.5) is 5.82 Å². The number of nitrogens with zero attached hydrogens (tertiary/aromatic N) is 4. The fourth-order valence-electron chi connectivity index (χ4n) is 4.35. The van der Waals surface area contributed by atoms with Crippen LogP contribution >= 0.6 is 11.6 Å². The Hall–Kier alpha value is -2.90. The second kappa shape index (κ2) is 8.69. The molecule has 2 atom stereocenters. The zero-order valence-electron chi connectivity index (χ0n) is 17.1. The number of hydrogen-bond donors (Lipinski definition) is 1. The largest absolute Gasteiger partial charge is 0.487 e. The fraction of sp³-hybridized carbons (Fsp3) is 0.348. The summed E-state index contributed by atoms with van der Waals surface area (Å²) in [6, 6.07) is 11.3. The molecule has 160 valence electrons. The maximum Gasteiger partial charge on any atom is 0.258 e. The molecular weight excluding hydrogens is 414 g/mol. The maximum atomic E-state index is 12.6. The molecule has 1 N–H and O–H groups in total. The van der Waals surface area contributed by atoms with Crippen LogP contribution in [0.15, 0.2) is 59.8 Å². The number of anilines is 1. The minimum atomic E-state index is -0.174. The van der Waals surface area contributed by atoms with E-state index in [4.69, 9.17) is 16.3 Å². The molecule has 0 spiro atoms. The Morgan fingerprint density at radius 2 is 2.06 bits per heavy atom. The molecule has 2 saturated heterocycles. The van der Waals surface area contributed by atoms with Crippen LogP contribution in [0.3, 0.4) is 0 Å². The second-order valence-corrected chi connectivity index (χ2v) is 8.51. The molecule has 0 amide bonds. The van der Waals surface area contributed by atoms with Crippen molar-refractivity contribution in [2.75, 3.05) is 24.5 Å². The zero-order valence-corrected chi connectivity index (χ0v) is 17.8. The van der Waals surface area contributed by atoms with Crippen LogP contribution in [0.2, 0.25) is 5.02 Å². The van der Waals surface area contributed by atoms with Crippen LogP contribution in [0.1, 0.15) is 18.5 Å². The third kappa shape index (κ3) is 4.43. The molecule has 0 aliphatic carbocycles. The SMILES string of the molecule is O=c1cc(OCc2ccc(Cl)cn2)ccn1-c1ccc(N2C[C@@H]3CCCN[C@@H]3C2)nc1. The predicted molar refractivity (Wildman–Crippen MR) is 120 cm³/mol. The highest BCUT2D eigenvalue weighted by atomic mass is 35.5. The normalized spacial score (nSPS) is 20.5. The molecule has 31 heavy (non-hydrogen) atoms. The van der Waals surface area contributed by atoms with E-state index in [0.717, 1.165) is 36.8 Å². The van der Waals surface area contributed by atoms with Crippen molar-refractivity contribution in [3.8, 4) is 11.4 Å². The number of ether oxygens (including phenoxy) is 1. The third-order valence-electron chi connectivity index (χ3n) is 6.00. The Morgan fingerprint density at radius 3 is 2.81 bits per heavy atom. The first kappa shape index (κ1) is 20.0. The highest BCUT2D eigenvalue weighted by molar-refractivity contribution is 6.30. The van der Waals surface area contributed by atoms with Crippen molar-refractivity contribution in [2.24, 2.45) is 5.92 Å². The number of fused-ring (bicyclic) bond motifs is 1. The Morgan fingerprint density at radius 1 is 1.13 bits per heavy atom. The summed E-state index contributed by atoms with van der Waals surface area (Å²) < 4.78 is 7.25. The molecule has 3 aromatic rings. The number of piperidine rings is 1. The lowest BCUT2D eigenvalue weighted by Gasteiger charge is -2.24. The van der Waals surface area contributed by atoms with Gasteiger partial charge in [0.25, 0.3) is 5.56 Å². The van der Waals surface area contributed by atoms with Crippen LogP contribution in [0, 0.1) is 5.92 Å². The molecule has 2 fully saturated rings. The lowest BCUT2D eigenvalue weighted by atomic mass is 9.94. The smallest absolute Gasteiger partial charge is 0.258 e. The standard InChI is InChI=1S/C23H24ClN5O2/c24-17-3-4-18(26-11-17)15-31-20-7-9-29(23(30)10-20)19-5-6-22(27-12-19)28-13-16-2-1-8-25-21(16)14-28/h3-7,9-12,16,21,25H,1-2,8,13-15H2/t16-,21+/m0/s1. The zero-order chi connectivity index (χ0) is 21.2. The molecule has 3 aromatic heterocycles. The number of hydrogen-bond acceptors (Lipinski definition) is 6. The van der Waals surface area contributed by atoms with Crippen molar-refractivity contribution in [1.29, 1.82) is 0 Å². The average Bonchev–Trinajstić information content (AvgIpc) is 3.23. The number of nitrogens with one attached hydrogen (secondary N) is 1. The molecule has 2 aliphatic rings. The highest BCUT2D eigenvalue weighted by Crippen LogP contribution is 2.28. The quantitative estimate of drug-likeness (QED) is 0.661. The number of rotatable bonds is 5. The highest BCUT2D eigenvalue weighted by Gasteiger charge is 2.34. The maximum absolute atomic E-state index is 12.6. The van der Waals surface area contributed by atoms with Crippen LogP contribution < -0.4 is 20.5 Å². The molecule has 0 aromatic carbocycles. The van der Waals surface area contributed by atoms with Gasteiger partial charge in [0.2, 0.25) is 0 Å². The molecule has 0 saturated carbocycles. The van der Waals surface area contributed by atoms with Crippen molar-refractivity contribution in [2.45, 2.75) is 25.5 Å². The van der Waals surface area contributed by atoms with Crippen LogP contribution in [-0.4, -0.2) is 40.2 Å². The monoisotopic (exact) mass is 437 g/mol. The summed E-state index contributed by atoms with van der Waals surface area (Å²) in [4.78, 5) is 23.8. The Kier molecular flexibility index (Phi) is 5.61. The number of aromatic nitrogens is 3. The third-order valence-corrected chi connectivity index (χ3v) is 6.22. The van der Waals surface area contributed by atoms with Crippen molar-refractivity contribution in [3.63, 3.8) is 0 Å². The van der Waals surface area contributed by atoms with Crippen LogP contribution in [-0.2, 0) is 6.61 Å². The Labute approximate surface area is 185 Å². The van der Waals surface area contributed by atoms with Gasteiger partial charge in [-0.25, -0.2) is 4.98 Å². The van der Waals surface area contributed by atoms with Gasteiger partial charge in [0.05, 0.1) is 22.6 Å². The van der Waals surface area contributed by atoms with E-state index in [2.05, 4.69) is 20.2 Å². The van der Waals surface area contributed by atoms with E-state index in [1.807, 2.05) is 12.1 Å². The summed E-state index contributed by atoms with van der Waals surface area (Å²) >= 11 is 5.84. The van der Waals surface area contributed by atoms with Gasteiger partial charge in [-0.05, 0) is 55.6 Å². The van der Waals surface area contributed by atoms with E-state index < -0.39 is 0 Å². The molecule has 8 heteroatoms. The molecule has 2 aliphatic heterocycles. The van der Waals surface area contributed by atoms with Gasteiger partial charge in [-0.1, -0.05) is 11.6 Å². The average molecular weight is 438 g/mol. The van der Waals surface area contributed by atoms with Gasteiger partial charge >= 0.3 is 0 Å². The van der Waals surface area contributed by atoms with Crippen molar-refractivity contribution in [3.05, 3.63) is 76.1 Å². The van der Waals surface area contributed by atoms with E-state index in [1.54, 1.807) is 41.4 Å². The molecule has 0 unspecified atom stereocenters. The van der Waals surface area contributed by atoms with Crippen LogP contribution in [0.5, 0.6) is 5.75 Å². The van der Waals surface area contributed by atoms with E-state index in [0.29, 0.717) is 22.7 Å². The van der Waals surface area contributed by atoms with Gasteiger partial charge in [0, 0.05) is 37.6 Å². The first-order valence-corrected chi connectivity index (χ1v) is 10.9. The summed E-state index contributed by atoms with van der Waals surface area (Å²) in [5.41, 5.74) is 1.30. The van der Waals surface area contributed by atoms with Crippen molar-refractivity contribution >= 4 is 17.4 Å². The molecule has 0 radical (unpaired) electrons. The van der Waals surface area contributed by atoms with Gasteiger partial charge in [0.15, 0.2) is 0 Å². The summed E-state index contributed by atoms with van der Waals surface area (Å²) in [6.07, 6.45) is 7.56. The fourth-order valence-corrected chi connectivity index (χ4v) is 4.47. The lowest BCUT2D eigenvalue weighted by Crippen LogP contribution is -2.40. The summed E-state index contributed by atoms with van der Waals surface area (Å²) in [5.74, 6) is 2.16. The van der Waals surface area contributed by atoms with Crippen molar-refractivity contribution < 1.29 is 4.74 Å². The van der Waals surface area contributed by atoms with Crippen LogP contribution in [0.25, 0.3) is 5.69 Å². The van der Waals surface area contributed by atoms with Gasteiger partial charge in [-0.3, -0.25) is 14.3 Å². The van der Waals surface area contributed by atoms with Crippen molar-refractivity contribution in [1.82, 2.24) is 19.9 Å². The van der Waals surface area contributed by atoms with E-state index in [9.17, 15) is 4.79 Å². The lowest BCUT2D eigenvalue weighted by molar-refractivity contribution is 0.300. The molecule has 7 nitrogen and oxygen atoms in total.